The molecule has 5 heteroatoms. The van der Waals surface area contributed by atoms with Gasteiger partial charge < -0.3 is 24.3 Å². The first-order chi connectivity index (χ1) is 12.7. The number of rotatable bonds is 1. The number of nitrogens with zero attached hydrogens (tertiary/aromatic N) is 4. The number of ether oxygens (including phenoxy) is 1. The van der Waals surface area contributed by atoms with Crippen LogP contribution in [0.2, 0.25) is 0 Å². The quantitative estimate of drug-likeness (QED) is 0.750. The van der Waals surface area contributed by atoms with Gasteiger partial charge in [0.2, 0.25) is 0 Å². The summed E-state index contributed by atoms with van der Waals surface area (Å²) in [5.41, 5.74) is 2.72. The van der Waals surface area contributed by atoms with Gasteiger partial charge in [0.05, 0.1) is 7.11 Å². The van der Waals surface area contributed by atoms with Gasteiger partial charge in [0.25, 0.3) is 0 Å². The van der Waals surface area contributed by atoms with Gasteiger partial charge in [-0.1, -0.05) is 18.2 Å². The van der Waals surface area contributed by atoms with E-state index in [9.17, 15) is 0 Å². The molecule has 3 aliphatic heterocycles. The number of fused-ring (bicyclic) bond motifs is 10. The van der Waals surface area contributed by atoms with E-state index in [1.165, 1.54) is 11.1 Å². The van der Waals surface area contributed by atoms with Crippen LogP contribution >= 0.6 is 0 Å². The van der Waals surface area contributed by atoms with Crippen LogP contribution < -0.4 is 4.74 Å². The van der Waals surface area contributed by atoms with Crippen molar-refractivity contribution in [2.24, 2.45) is 0 Å². The molecule has 1 fully saturated rings. The Morgan fingerprint density at radius 1 is 0.654 bits per heavy atom. The van der Waals surface area contributed by atoms with E-state index in [4.69, 9.17) is 4.74 Å². The summed E-state index contributed by atoms with van der Waals surface area (Å²) in [4.78, 5) is 10.3. The lowest BCUT2D eigenvalue weighted by atomic mass is 10.0. The van der Waals surface area contributed by atoms with Crippen molar-refractivity contribution in [2.45, 2.75) is 12.8 Å². The van der Waals surface area contributed by atoms with Gasteiger partial charge >= 0.3 is 0 Å². The van der Waals surface area contributed by atoms with Gasteiger partial charge in [0.15, 0.2) is 0 Å². The highest BCUT2D eigenvalue weighted by molar-refractivity contribution is 5.42. The van der Waals surface area contributed by atoms with Gasteiger partial charge in [-0.2, -0.15) is 0 Å². The van der Waals surface area contributed by atoms with Crippen molar-refractivity contribution in [1.82, 2.24) is 19.6 Å². The third kappa shape index (κ3) is 5.43. The highest BCUT2D eigenvalue weighted by Crippen LogP contribution is 2.25. The highest BCUT2D eigenvalue weighted by Gasteiger charge is 2.17. The largest absolute Gasteiger partial charge is 0.496 e. The summed E-state index contributed by atoms with van der Waals surface area (Å²) in [7, 11) is 6.37. The summed E-state index contributed by atoms with van der Waals surface area (Å²) in [5, 5.41) is 0. The Morgan fingerprint density at radius 3 is 1.46 bits per heavy atom. The smallest absolute Gasteiger partial charge is 0.125 e. The number of methoxy groups -OCH3 is 1. The van der Waals surface area contributed by atoms with Gasteiger partial charge in [0, 0.05) is 65.4 Å². The Morgan fingerprint density at radius 2 is 1.08 bits per heavy atom. The summed E-state index contributed by atoms with van der Waals surface area (Å²) >= 11 is 0. The molecule has 4 bridgehead atoms. The van der Waals surface area contributed by atoms with Crippen LogP contribution in [0, 0.1) is 0 Å². The van der Waals surface area contributed by atoms with Crippen molar-refractivity contribution >= 4 is 0 Å². The van der Waals surface area contributed by atoms with Crippen LogP contribution in [0.5, 0.6) is 5.75 Å². The molecule has 0 radical (unpaired) electrons. The molecule has 4 rings (SSSR count). The van der Waals surface area contributed by atoms with E-state index in [2.05, 4.69) is 51.9 Å². The second-order valence-electron chi connectivity index (χ2n) is 7.90. The first kappa shape index (κ1) is 19.6. The molecule has 5 nitrogen and oxygen atoms in total. The van der Waals surface area contributed by atoms with Crippen molar-refractivity contribution in [3.05, 3.63) is 29.3 Å². The Bertz CT molecular complexity index is 505. The number of hydrogen-bond donors (Lipinski definition) is 0. The molecule has 3 heterocycles. The molecular formula is C21H36N4O. The predicted octanol–water partition coefficient (Wildman–Crippen LogP) is 1.28. The number of para-hydroxylation sites is 1. The molecule has 0 N–H and O–H groups in total. The number of hydrogen-bond acceptors (Lipinski definition) is 5. The minimum atomic E-state index is 1.06. The van der Waals surface area contributed by atoms with E-state index in [1.807, 2.05) is 7.11 Å². The molecule has 0 aromatic heterocycles. The normalized spacial score (nSPS) is 27.2. The topological polar surface area (TPSA) is 22.2 Å². The number of benzene rings is 1. The SMILES string of the molecule is COc1c2cccc1CCN1CCN(C)CCN(CC2)CCN(C)CC1. The van der Waals surface area contributed by atoms with E-state index in [1.54, 1.807) is 0 Å². The molecule has 0 aliphatic carbocycles. The molecule has 0 atom stereocenters. The Balaban J connectivity index is 1.88. The summed E-state index contributed by atoms with van der Waals surface area (Å²) < 4.78 is 5.84. The van der Waals surface area contributed by atoms with E-state index in [0.29, 0.717) is 0 Å². The van der Waals surface area contributed by atoms with E-state index >= 15 is 0 Å². The Labute approximate surface area is 159 Å². The zero-order valence-electron chi connectivity index (χ0n) is 16.9. The average Bonchev–Trinajstić information content (AvgIpc) is 2.65. The summed E-state index contributed by atoms with van der Waals surface area (Å²) in [6.45, 7) is 11.4. The summed E-state index contributed by atoms with van der Waals surface area (Å²) in [6.07, 6.45) is 2.13. The molecule has 1 saturated heterocycles. The van der Waals surface area contributed by atoms with Gasteiger partial charge in [-0.15, -0.1) is 0 Å². The third-order valence-electron chi connectivity index (χ3n) is 5.97. The van der Waals surface area contributed by atoms with Gasteiger partial charge in [0.1, 0.15) is 5.75 Å². The fraction of sp³-hybridized carbons (Fsp3) is 0.714. The van der Waals surface area contributed by atoms with Crippen LogP contribution in [-0.4, -0.2) is 106 Å². The minimum absolute atomic E-state index is 1.06. The van der Waals surface area contributed by atoms with Crippen LogP contribution in [0.4, 0.5) is 0 Å². The minimum Gasteiger partial charge on any atom is -0.496 e. The van der Waals surface area contributed by atoms with Crippen LogP contribution in [-0.2, 0) is 12.8 Å². The molecule has 0 spiro atoms. The molecule has 1 aromatic carbocycles. The highest BCUT2D eigenvalue weighted by atomic mass is 16.5. The lowest BCUT2D eigenvalue weighted by Crippen LogP contribution is -2.45. The van der Waals surface area contributed by atoms with Gasteiger partial charge in [-0.05, 0) is 38.1 Å². The molecule has 0 amide bonds. The maximum absolute atomic E-state index is 5.84. The number of likely N-dealkylation sites (N-methyl/N-ethyl adjacent to an activating group) is 2. The average molecular weight is 361 g/mol. The van der Waals surface area contributed by atoms with Crippen LogP contribution in [0.1, 0.15) is 11.1 Å². The van der Waals surface area contributed by atoms with Crippen molar-refractivity contribution in [3.8, 4) is 5.75 Å². The zero-order valence-corrected chi connectivity index (χ0v) is 16.9. The first-order valence-corrected chi connectivity index (χ1v) is 10.1. The van der Waals surface area contributed by atoms with E-state index in [-0.39, 0.29) is 0 Å². The molecule has 0 saturated carbocycles. The second-order valence-corrected chi connectivity index (χ2v) is 7.90. The lowest BCUT2D eigenvalue weighted by molar-refractivity contribution is 0.154. The molecule has 0 unspecified atom stereocenters. The standard InChI is InChI=1S/C21H36N4O/c1-22-11-15-24-9-7-19-5-4-6-20(21(19)26-3)8-10-25(16-12-22)18-14-23(2)13-17-24/h4-6H,7-18H2,1-3H3. The summed E-state index contributed by atoms with van der Waals surface area (Å²) in [6, 6.07) is 6.70. The Kier molecular flexibility index (Phi) is 7.32. The first-order valence-electron chi connectivity index (χ1n) is 10.1. The fourth-order valence-electron chi connectivity index (χ4n) is 3.99. The van der Waals surface area contributed by atoms with Gasteiger partial charge in [-0.3, -0.25) is 0 Å². The molecular weight excluding hydrogens is 324 g/mol. The molecule has 1 aromatic rings. The second kappa shape index (κ2) is 9.70. The molecule has 3 aliphatic rings. The van der Waals surface area contributed by atoms with Crippen molar-refractivity contribution in [2.75, 3.05) is 86.7 Å². The van der Waals surface area contributed by atoms with Crippen LogP contribution in [0.25, 0.3) is 0 Å². The Hall–Kier alpha value is -1.14. The van der Waals surface area contributed by atoms with Crippen molar-refractivity contribution < 1.29 is 4.74 Å². The van der Waals surface area contributed by atoms with Crippen molar-refractivity contribution in [1.29, 1.82) is 0 Å². The molecule has 146 valence electrons. The maximum atomic E-state index is 5.84. The molecule has 26 heavy (non-hydrogen) atoms. The fourth-order valence-corrected chi connectivity index (χ4v) is 3.99. The van der Waals surface area contributed by atoms with E-state index in [0.717, 1.165) is 84.0 Å². The van der Waals surface area contributed by atoms with Crippen LogP contribution in [0.3, 0.4) is 0 Å². The van der Waals surface area contributed by atoms with Crippen molar-refractivity contribution in [3.63, 3.8) is 0 Å². The monoisotopic (exact) mass is 360 g/mol. The maximum Gasteiger partial charge on any atom is 0.125 e. The zero-order chi connectivity index (χ0) is 18.4. The predicted molar refractivity (Wildman–Crippen MR) is 108 cm³/mol. The van der Waals surface area contributed by atoms with Gasteiger partial charge in [-0.25, -0.2) is 0 Å². The lowest BCUT2D eigenvalue weighted by Gasteiger charge is -2.33. The van der Waals surface area contributed by atoms with E-state index < -0.39 is 0 Å². The summed E-state index contributed by atoms with van der Waals surface area (Å²) in [5.74, 6) is 1.12. The third-order valence-corrected chi connectivity index (χ3v) is 5.97. The van der Waals surface area contributed by atoms with Crippen LogP contribution in [0.15, 0.2) is 18.2 Å².